The summed E-state index contributed by atoms with van der Waals surface area (Å²) in [4.78, 5) is 12.9. The maximum Gasteiger partial charge on any atom is 0.409 e. The van der Waals surface area contributed by atoms with Crippen LogP contribution < -0.4 is 5.73 Å². The fraction of sp³-hybridized carbons (Fsp3) is 0.714. The first-order valence-electron chi connectivity index (χ1n) is 3.73. The van der Waals surface area contributed by atoms with Crippen LogP contribution in [-0.2, 0) is 4.74 Å². The van der Waals surface area contributed by atoms with E-state index in [1.807, 2.05) is 6.92 Å². The first kappa shape index (κ1) is 11.2. The van der Waals surface area contributed by atoms with Gasteiger partial charge in [-0.25, -0.2) is 4.79 Å². The number of hydrogen-bond acceptors (Lipinski definition) is 3. The van der Waals surface area contributed by atoms with Crippen LogP contribution in [0.4, 0.5) is 4.79 Å². The summed E-state index contributed by atoms with van der Waals surface area (Å²) in [6.07, 6.45) is 0.201. The molecule has 4 nitrogen and oxygen atoms in total. The van der Waals surface area contributed by atoms with Gasteiger partial charge in [-0.05, 0) is 6.92 Å². The van der Waals surface area contributed by atoms with Crippen LogP contribution in [0.5, 0.6) is 0 Å². The topological polar surface area (TPSA) is 55.6 Å². The van der Waals surface area contributed by atoms with Crippen molar-refractivity contribution < 1.29 is 9.53 Å². The van der Waals surface area contributed by atoms with Gasteiger partial charge in [-0.15, -0.1) is 0 Å². The zero-order valence-corrected chi connectivity index (χ0v) is 8.19. The van der Waals surface area contributed by atoms with Gasteiger partial charge in [0.15, 0.2) is 0 Å². The Morgan fingerprint density at radius 3 is 2.58 bits per heavy atom. The molecule has 70 valence electrons. The lowest BCUT2D eigenvalue weighted by atomic mass is 10.4. The molecule has 0 radical (unpaired) electrons. The molecule has 0 saturated carbocycles. The van der Waals surface area contributed by atoms with Crippen LogP contribution in [0.15, 0.2) is 0 Å². The molecule has 0 aliphatic heterocycles. The number of thiocarbonyl (C=S) groups is 1. The highest BCUT2D eigenvalue weighted by Gasteiger charge is 2.10. The Kier molecular flexibility index (Phi) is 5.36. The maximum absolute atomic E-state index is 11.0. The van der Waals surface area contributed by atoms with E-state index in [2.05, 4.69) is 17.0 Å². The van der Waals surface area contributed by atoms with Crippen molar-refractivity contribution in [2.75, 3.05) is 20.2 Å². The van der Waals surface area contributed by atoms with Gasteiger partial charge >= 0.3 is 6.09 Å². The fourth-order valence-corrected chi connectivity index (χ4v) is 0.844. The number of carbonyl (C=O) groups is 1. The maximum atomic E-state index is 11.0. The predicted octanol–water partition coefficient (Wildman–Crippen LogP) is 0.751. The molecule has 1 amide bonds. The number of carbonyl (C=O) groups excluding carboxylic acids is 1. The van der Waals surface area contributed by atoms with Crippen molar-refractivity contribution in [3.63, 3.8) is 0 Å². The average molecular weight is 190 g/mol. The van der Waals surface area contributed by atoms with E-state index in [0.29, 0.717) is 24.5 Å². The summed E-state index contributed by atoms with van der Waals surface area (Å²) >= 11 is 4.68. The second kappa shape index (κ2) is 5.77. The number of nitrogens with zero attached hydrogens (tertiary/aromatic N) is 1. The molecule has 0 aliphatic carbocycles. The summed E-state index contributed by atoms with van der Waals surface area (Å²) < 4.78 is 4.54. The molecule has 0 atom stereocenters. The van der Waals surface area contributed by atoms with Crippen LogP contribution in [0.1, 0.15) is 13.3 Å². The SMILES string of the molecule is CCN(CCC(N)=S)C(=O)OC. The van der Waals surface area contributed by atoms with Crippen LogP contribution in [0.25, 0.3) is 0 Å². The van der Waals surface area contributed by atoms with Crippen molar-refractivity contribution in [2.24, 2.45) is 5.73 Å². The molecule has 0 heterocycles. The van der Waals surface area contributed by atoms with Gasteiger partial charge in [0.1, 0.15) is 0 Å². The second-order valence-electron chi connectivity index (χ2n) is 2.27. The molecule has 0 rings (SSSR count). The molecular weight excluding hydrogens is 176 g/mol. The molecular formula is C7H14N2O2S. The van der Waals surface area contributed by atoms with E-state index >= 15 is 0 Å². The Morgan fingerprint density at radius 1 is 1.67 bits per heavy atom. The standard InChI is InChI=1S/C7H14N2O2S/c1-3-9(7(10)11-2)5-4-6(8)12/h3-5H2,1-2H3,(H2,8,12). The molecule has 0 aromatic rings. The molecule has 0 aliphatic rings. The summed E-state index contributed by atoms with van der Waals surface area (Å²) in [5.41, 5.74) is 5.29. The van der Waals surface area contributed by atoms with Crippen molar-refractivity contribution >= 4 is 23.3 Å². The van der Waals surface area contributed by atoms with Gasteiger partial charge in [0, 0.05) is 19.5 Å². The highest BCUT2D eigenvalue weighted by molar-refractivity contribution is 7.80. The van der Waals surface area contributed by atoms with Gasteiger partial charge in [0.25, 0.3) is 0 Å². The molecule has 0 unspecified atom stereocenters. The Bertz CT molecular complexity index is 173. The summed E-state index contributed by atoms with van der Waals surface area (Å²) in [6.45, 7) is 3.00. The quantitative estimate of drug-likeness (QED) is 0.665. The van der Waals surface area contributed by atoms with Gasteiger partial charge in [0.2, 0.25) is 0 Å². The zero-order valence-electron chi connectivity index (χ0n) is 7.37. The van der Waals surface area contributed by atoms with Crippen LogP contribution >= 0.6 is 12.2 Å². The number of methoxy groups -OCH3 is 1. The number of nitrogens with two attached hydrogens (primary N) is 1. The summed E-state index contributed by atoms with van der Waals surface area (Å²) in [6, 6.07) is 0. The molecule has 0 fully saturated rings. The molecule has 2 N–H and O–H groups in total. The highest BCUT2D eigenvalue weighted by Crippen LogP contribution is 1.94. The summed E-state index contributed by atoms with van der Waals surface area (Å²) in [5, 5.41) is 0. The third-order valence-electron chi connectivity index (χ3n) is 1.44. The van der Waals surface area contributed by atoms with E-state index in [1.54, 1.807) is 4.90 Å². The minimum atomic E-state index is -0.339. The van der Waals surface area contributed by atoms with E-state index in [-0.39, 0.29) is 6.09 Å². The highest BCUT2D eigenvalue weighted by atomic mass is 32.1. The number of hydrogen-bond donors (Lipinski definition) is 1. The summed E-state index contributed by atoms with van der Waals surface area (Å²) in [5.74, 6) is 0. The van der Waals surface area contributed by atoms with E-state index in [4.69, 9.17) is 5.73 Å². The van der Waals surface area contributed by atoms with Crippen molar-refractivity contribution in [2.45, 2.75) is 13.3 Å². The first-order valence-corrected chi connectivity index (χ1v) is 4.13. The molecule has 0 aromatic heterocycles. The fourth-order valence-electron chi connectivity index (χ4n) is 0.753. The van der Waals surface area contributed by atoms with Gasteiger partial charge in [-0.2, -0.15) is 0 Å². The predicted molar refractivity (Wildman–Crippen MR) is 51.1 cm³/mol. The van der Waals surface area contributed by atoms with Crippen molar-refractivity contribution in [1.29, 1.82) is 0 Å². The molecule has 0 bridgehead atoms. The van der Waals surface area contributed by atoms with Crippen molar-refractivity contribution in [3.8, 4) is 0 Å². The van der Waals surface area contributed by atoms with Gasteiger partial charge in [0.05, 0.1) is 12.1 Å². The number of rotatable bonds is 4. The zero-order chi connectivity index (χ0) is 9.56. The average Bonchev–Trinajstić information content (AvgIpc) is 2.04. The summed E-state index contributed by atoms with van der Waals surface area (Å²) in [7, 11) is 1.35. The van der Waals surface area contributed by atoms with Gasteiger partial charge in [-0.3, -0.25) is 0 Å². The third kappa shape index (κ3) is 4.12. The van der Waals surface area contributed by atoms with Crippen LogP contribution in [0, 0.1) is 0 Å². The van der Waals surface area contributed by atoms with E-state index in [0.717, 1.165) is 0 Å². The van der Waals surface area contributed by atoms with Crippen molar-refractivity contribution in [1.82, 2.24) is 4.90 Å². The second-order valence-corrected chi connectivity index (χ2v) is 2.79. The lowest BCUT2D eigenvalue weighted by molar-refractivity contribution is 0.127. The van der Waals surface area contributed by atoms with E-state index in [1.165, 1.54) is 7.11 Å². The Morgan fingerprint density at radius 2 is 2.25 bits per heavy atom. The minimum absolute atomic E-state index is 0.339. The van der Waals surface area contributed by atoms with Crippen molar-refractivity contribution in [3.05, 3.63) is 0 Å². The number of amides is 1. The number of ether oxygens (including phenoxy) is 1. The van der Waals surface area contributed by atoms with E-state index in [9.17, 15) is 4.79 Å². The van der Waals surface area contributed by atoms with Crippen LogP contribution in [0.3, 0.4) is 0 Å². The largest absolute Gasteiger partial charge is 0.453 e. The van der Waals surface area contributed by atoms with Gasteiger partial charge < -0.3 is 15.4 Å². The molecule has 12 heavy (non-hydrogen) atoms. The first-order chi connectivity index (χ1) is 5.61. The molecule has 0 aromatic carbocycles. The smallest absolute Gasteiger partial charge is 0.409 e. The minimum Gasteiger partial charge on any atom is -0.453 e. The Balaban J connectivity index is 3.83. The normalized spacial score (nSPS) is 9.17. The molecule has 0 saturated heterocycles. The van der Waals surface area contributed by atoms with E-state index < -0.39 is 0 Å². The Labute approximate surface area is 77.7 Å². The lowest BCUT2D eigenvalue weighted by Crippen LogP contribution is -2.33. The monoisotopic (exact) mass is 190 g/mol. The molecule has 5 heteroatoms. The lowest BCUT2D eigenvalue weighted by Gasteiger charge is -2.18. The van der Waals surface area contributed by atoms with Gasteiger partial charge in [-0.1, -0.05) is 12.2 Å². The molecule has 0 spiro atoms. The third-order valence-corrected chi connectivity index (χ3v) is 1.65. The van der Waals surface area contributed by atoms with Crippen LogP contribution in [-0.4, -0.2) is 36.2 Å². The van der Waals surface area contributed by atoms with Crippen LogP contribution in [0.2, 0.25) is 0 Å². The Hall–Kier alpha value is -0.840.